The molecule has 0 unspecified atom stereocenters. The maximum Gasteiger partial charge on any atom is 0.339 e. The molecule has 174 valence electrons. The Labute approximate surface area is 197 Å². The van der Waals surface area contributed by atoms with Crippen LogP contribution in [0.15, 0.2) is 78.9 Å². The smallest absolute Gasteiger partial charge is 0.339 e. The minimum atomic E-state index is -0.793. The predicted molar refractivity (Wildman–Crippen MR) is 127 cm³/mol. The van der Waals surface area contributed by atoms with E-state index in [4.69, 9.17) is 9.47 Å². The summed E-state index contributed by atoms with van der Waals surface area (Å²) in [6, 6.07) is 21.4. The lowest BCUT2D eigenvalue weighted by atomic mass is 10.1. The topological polar surface area (TPSA) is 102 Å². The van der Waals surface area contributed by atoms with Crippen molar-refractivity contribution in [1.29, 1.82) is 0 Å². The fourth-order valence-electron chi connectivity index (χ4n) is 3.11. The Kier molecular flexibility index (Phi) is 8.12. The van der Waals surface area contributed by atoms with Gasteiger partial charge in [0.2, 0.25) is 0 Å². The summed E-state index contributed by atoms with van der Waals surface area (Å²) in [5.74, 6) is -2.20. The summed E-state index contributed by atoms with van der Waals surface area (Å²) in [5, 5.41) is 2.58. The number of para-hydroxylation sites is 1. The van der Waals surface area contributed by atoms with E-state index in [1.807, 2.05) is 18.2 Å². The van der Waals surface area contributed by atoms with Gasteiger partial charge < -0.3 is 19.7 Å². The molecule has 0 aromatic heterocycles. The second-order valence-electron chi connectivity index (χ2n) is 7.17. The SMILES string of the molecule is CCOC(=O)c1ccc(NC(=O)COC(=O)c2ccccc2C(=O)N(C)c2ccccc2)cc1. The molecule has 0 aliphatic carbocycles. The van der Waals surface area contributed by atoms with Crippen LogP contribution < -0.4 is 10.2 Å². The number of ether oxygens (including phenoxy) is 2. The van der Waals surface area contributed by atoms with Crippen molar-refractivity contribution in [3.63, 3.8) is 0 Å². The summed E-state index contributed by atoms with van der Waals surface area (Å²) in [6.45, 7) is 1.43. The maximum absolute atomic E-state index is 13.0. The highest BCUT2D eigenvalue weighted by Crippen LogP contribution is 2.18. The number of nitrogens with zero attached hydrogens (tertiary/aromatic N) is 1. The van der Waals surface area contributed by atoms with Gasteiger partial charge in [0.05, 0.1) is 23.3 Å². The Morgan fingerprint density at radius 1 is 0.765 bits per heavy atom. The monoisotopic (exact) mass is 460 g/mol. The summed E-state index contributed by atoms with van der Waals surface area (Å²) in [4.78, 5) is 51.0. The van der Waals surface area contributed by atoms with Crippen molar-refractivity contribution in [2.24, 2.45) is 0 Å². The fourth-order valence-corrected chi connectivity index (χ4v) is 3.11. The number of amides is 2. The summed E-state index contributed by atoms with van der Waals surface area (Å²) in [6.07, 6.45) is 0. The van der Waals surface area contributed by atoms with Gasteiger partial charge in [-0.05, 0) is 55.5 Å². The van der Waals surface area contributed by atoms with Gasteiger partial charge in [-0.1, -0.05) is 30.3 Å². The van der Waals surface area contributed by atoms with Crippen molar-refractivity contribution in [3.05, 3.63) is 95.6 Å². The molecule has 0 radical (unpaired) electrons. The highest BCUT2D eigenvalue weighted by molar-refractivity contribution is 6.12. The zero-order chi connectivity index (χ0) is 24.5. The minimum Gasteiger partial charge on any atom is -0.462 e. The van der Waals surface area contributed by atoms with Crippen LogP contribution in [-0.4, -0.2) is 44.0 Å². The molecule has 0 spiro atoms. The molecule has 2 amide bonds. The zero-order valence-corrected chi connectivity index (χ0v) is 18.8. The van der Waals surface area contributed by atoms with E-state index in [-0.39, 0.29) is 23.6 Å². The van der Waals surface area contributed by atoms with Crippen molar-refractivity contribution >= 4 is 35.1 Å². The standard InChI is InChI=1S/C26H24N2O6/c1-3-33-25(31)18-13-15-19(16-14-18)27-23(29)17-34-26(32)22-12-8-7-11-21(22)24(30)28(2)20-9-5-4-6-10-20/h4-16H,3,17H2,1-2H3,(H,27,29). The molecule has 0 saturated carbocycles. The van der Waals surface area contributed by atoms with Gasteiger partial charge >= 0.3 is 11.9 Å². The Morgan fingerprint density at radius 2 is 1.38 bits per heavy atom. The number of benzene rings is 3. The molecular weight excluding hydrogens is 436 g/mol. The van der Waals surface area contributed by atoms with Crippen molar-refractivity contribution < 1.29 is 28.7 Å². The molecule has 1 N–H and O–H groups in total. The van der Waals surface area contributed by atoms with Crippen molar-refractivity contribution in [2.75, 3.05) is 30.5 Å². The third-order valence-corrected chi connectivity index (χ3v) is 4.84. The van der Waals surface area contributed by atoms with Crippen LogP contribution in [0.25, 0.3) is 0 Å². The van der Waals surface area contributed by atoms with Gasteiger partial charge in [0, 0.05) is 18.4 Å². The number of nitrogens with one attached hydrogen (secondary N) is 1. The van der Waals surface area contributed by atoms with Crippen LogP contribution in [0, 0.1) is 0 Å². The highest BCUT2D eigenvalue weighted by Gasteiger charge is 2.22. The molecule has 0 heterocycles. The van der Waals surface area contributed by atoms with Crippen LogP contribution in [0.3, 0.4) is 0 Å². The highest BCUT2D eigenvalue weighted by atomic mass is 16.5. The number of anilines is 2. The first-order chi connectivity index (χ1) is 16.4. The lowest BCUT2D eigenvalue weighted by Crippen LogP contribution is -2.28. The quantitative estimate of drug-likeness (QED) is 0.511. The maximum atomic E-state index is 13.0. The number of carbonyl (C=O) groups is 4. The average molecular weight is 460 g/mol. The lowest BCUT2D eigenvalue weighted by Gasteiger charge is -2.18. The van der Waals surface area contributed by atoms with Crippen LogP contribution in [0.1, 0.15) is 38.0 Å². The van der Waals surface area contributed by atoms with Crippen molar-refractivity contribution in [2.45, 2.75) is 6.92 Å². The van der Waals surface area contributed by atoms with E-state index < -0.39 is 24.5 Å². The van der Waals surface area contributed by atoms with Gasteiger partial charge in [0.25, 0.3) is 11.8 Å². The van der Waals surface area contributed by atoms with E-state index in [1.54, 1.807) is 50.4 Å². The molecule has 0 aliphatic heterocycles. The molecule has 0 aliphatic rings. The molecule has 8 heteroatoms. The van der Waals surface area contributed by atoms with E-state index >= 15 is 0 Å². The molecule has 0 saturated heterocycles. The average Bonchev–Trinajstić information content (AvgIpc) is 2.87. The Morgan fingerprint density at radius 3 is 2.03 bits per heavy atom. The van der Waals surface area contributed by atoms with Crippen LogP contribution in [-0.2, 0) is 14.3 Å². The van der Waals surface area contributed by atoms with Crippen molar-refractivity contribution in [3.8, 4) is 0 Å². The fraction of sp³-hybridized carbons (Fsp3) is 0.154. The van der Waals surface area contributed by atoms with E-state index in [1.165, 1.54) is 29.2 Å². The Balaban J connectivity index is 1.61. The first-order valence-electron chi connectivity index (χ1n) is 10.6. The van der Waals surface area contributed by atoms with E-state index in [0.29, 0.717) is 16.9 Å². The van der Waals surface area contributed by atoms with Gasteiger partial charge in [-0.25, -0.2) is 9.59 Å². The predicted octanol–water partition coefficient (Wildman–Crippen LogP) is 3.94. The lowest BCUT2D eigenvalue weighted by molar-refractivity contribution is -0.119. The molecule has 0 bridgehead atoms. The second-order valence-corrected chi connectivity index (χ2v) is 7.17. The Hall–Kier alpha value is -4.46. The van der Waals surface area contributed by atoms with E-state index in [0.717, 1.165) is 0 Å². The third kappa shape index (κ3) is 6.07. The first-order valence-corrected chi connectivity index (χ1v) is 10.6. The number of hydrogen-bond donors (Lipinski definition) is 1. The van der Waals surface area contributed by atoms with Crippen molar-refractivity contribution in [1.82, 2.24) is 0 Å². The molecule has 3 aromatic carbocycles. The molecule has 3 rings (SSSR count). The van der Waals surface area contributed by atoms with Crippen LogP contribution in [0.2, 0.25) is 0 Å². The molecule has 3 aromatic rings. The summed E-state index contributed by atoms with van der Waals surface area (Å²) >= 11 is 0. The minimum absolute atomic E-state index is 0.0573. The molecule has 0 atom stereocenters. The van der Waals surface area contributed by atoms with Gasteiger partial charge in [0.1, 0.15) is 0 Å². The number of carbonyl (C=O) groups excluding carboxylic acids is 4. The van der Waals surface area contributed by atoms with E-state index in [9.17, 15) is 19.2 Å². The van der Waals surface area contributed by atoms with Crippen LogP contribution in [0.4, 0.5) is 11.4 Å². The van der Waals surface area contributed by atoms with Gasteiger partial charge in [-0.3, -0.25) is 9.59 Å². The first kappa shape index (κ1) is 24.2. The molecule has 0 fully saturated rings. The van der Waals surface area contributed by atoms with Crippen LogP contribution >= 0.6 is 0 Å². The zero-order valence-electron chi connectivity index (χ0n) is 18.8. The Bertz CT molecular complexity index is 1180. The number of esters is 2. The number of hydrogen-bond acceptors (Lipinski definition) is 6. The molecule has 8 nitrogen and oxygen atoms in total. The normalized spacial score (nSPS) is 10.2. The van der Waals surface area contributed by atoms with Crippen LogP contribution in [0.5, 0.6) is 0 Å². The molecule has 34 heavy (non-hydrogen) atoms. The van der Waals surface area contributed by atoms with E-state index in [2.05, 4.69) is 5.32 Å². The third-order valence-electron chi connectivity index (χ3n) is 4.84. The summed E-state index contributed by atoms with van der Waals surface area (Å²) in [5.41, 5.74) is 1.67. The largest absolute Gasteiger partial charge is 0.462 e. The summed E-state index contributed by atoms with van der Waals surface area (Å²) < 4.78 is 10.0. The van der Waals surface area contributed by atoms with Gasteiger partial charge in [-0.2, -0.15) is 0 Å². The molecular formula is C26H24N2O6. The summed E-state index contributed by atoms with van der Waals surface area (Å²) in [7, 11) is 1.61. The van der Waals surface area contributed by atoms with Gasteiger partial charge in [-0.15, -0.1) is 0 Å². The van der Waals surface area contributed by atoms with Gasteiger partial charge in [0.15, 0.2) is 6.61 Å². The number of rotatable bonds is 8. The second kappa shape index (κ2) is 11.4.